The Morgan fingerprint density at radius 1 is 1.12 bits per heavy atom. The van der Waals surface area contributed by atoms with Gasteiger partial charge in [0, 0.05) is 22.7 Å². The largest absolute Gasteiger partial charge is 0.350 e. The van der Waals surface area contributed by atoms with Gasteiger partial charge in [0.15, 0.2) is 0 Å². The van der Waals surface area contributed by atoms with E-state index in [1.54, 1.807) is 52.0 Å². The molecule has 2 rings (SSSR count). The van der Waals surface area contributed by atoms with Gasteiger partial charge in [-0.05, 0) is 58.4 Å². The third-order valence-electron chi connectivity index (χ3n) is 5.15. The number of carbonyl (C=O) groups excluding carboxylic acids is 2. The summed E-state index contributed by atoms with van der Waals surface area (Å²) in [4.78, 5) is 27.5. The molecule has 0 unspecified atom stereocenters. The van der Waals surface area contributed by atoms with E-state index in [4.69, 9.17) is 11.6 Å². The van der Waals surface area contributed by atoms with Crippen molar-refractivity contribution in [2.75, 3.05) is 17.1 Å². The number of anilines is 1. The van der Waals surface area contributed by atoms with E-state index < -0.39 is 45.8 Å². The Balaban J connectivity index is 2.47. The van der Waals surface area contributed by atoms with Gasteiger partial charge in [0.2, 0.25) is 21.8 Å². The molecule has 0 bridgehead atoms. The minimum Gasteiger partial charge on any atom is -0.350 e. The van der Waals surface area contributed by atoms with Crippen LogP contribution in [0.2, 0.25) is 5.02 Å². The Morgan fingerprint density at radius 2 is 1.74 bits per heavy atom. The van der Waals surface area contributed by atoms with Crippen LogP contribution in [0.25, 0.3) is 0 Å². The molecule has 186 valence electrons. The molecular weight excluding hydrogens is 481 g/mol. The second-order valence-electron chi connectivity index (χ2n) is 9.18. The van der Waals surface area contributed by atoms with E-state index in [1.165, 1.54) is 30.0 Å². The maximum atomic E-state index is 14.4. The Kier molecular flexibility index (Phi) is 8.71. The molecule has 0 heterocycles. The van der Waals surface area contributed by atoms with Crippen molar-refractivity contribution < 1.29 is 22.4 Å². The van der Waals surface area contributed by atoms with Gasteiger partial charge in [0.25, 0.3) is 0 Å². The molecule has 0 aromatic heterocycles. The van der Waals surface area contributed by atoms with Gasteiger partial charge in [-0.15, -0.1) is 0 Å². The second-order valence-corrected chi connectivity index (χ2v) is 11.5. The first-order valence-electron chi connectivity index (χ1n) is 10.7. The van der Waals surface area contributed by atoms with Crippen molar-refractivity contribution in [3.8, 4) is 0 Å². The van der Waals surface area contributed by atoms with E-state index in [9.17, 15) is 22.4 Å². The molecule has 0 radical (unpaired) electrons. The van der Waals surface area contributed by atoms with E-state index in [0.29, 0.717) is 10.6 Å². The summed E-state index contributed by atoms with van der Waals surface area (Å²) in [7, 11) is -3.89. The number of halogens is 2. The molecule has 0 aliphatic carbocycles. The first-order chi connectivity index (χ1) is 15.6. The van der Waals surface area contributed by atoms with Crippen LogP contribution in [0.5, 0.6) is 0 Å². The molecular formula is C24H31ClFN3O4S. The number of rotatable bonds is 8. The Labute approximate surface area is 205 Å². The van der Waals surface area contributed by atoms with E-state index in [-0.39, 0.29) is 17.8 Å². The van der Waals surface area contributed by atoms with E-state index in [1.807, 2.05) is 0 Å². The van der Waals surface area contributed by atoms with Crippen LogP contribution in [0, 0.1) is 12.7 Å². The minimum atomic E-state index is -3.89. The summed E-state index contributed by atoms with van der Waals surface area (Å²) in [5.74, 6) is -1.64. The van der Waals surface area contributed by atoms with Crippen molar-refractivity contribution in [2.45, 2.75) is 52.7 Å². The molecule has 0 aliphatic heterocycles. The lowest BCUT2D eigenvalue weighted by Crippen LogP contribution is -2.54. The molecule has 1 atom stereocenters. The van der Waals surface area contributed by atoms with Crippen LogP contribution in [0.1, 0.15) is 38.8 Å². The topological polar surface area (TPSA) is 86.8 Å². The molecule has 2 aromatic rings. The molecule has 0 fully saturated rings. The Morgan fingerprint density at radius 3 is 2.29 bits per heavy atom. The third-order valence-corrected chi connectivity index (χ3v) is 6.69. The number of carbonyl (C=O) groups is 2. The highest BCUT2D eigenvalue weighted by molar-refractivity contribution is 7.92. The number of hydrogen-bond donors (Lipinski definition) is 1. The molecule has 7 nitrogen and oxygen atoms in total. The van der Waals surface area contributed by atoms with Gasteiger partial charge in [-0.3, -0.25) is 13.9 Å². The molecule has 10 heteroatoms. The van der Waals surface area contributed by atoms with Crippen molar-refractivity contribution in [2.24, 2.45) is 0 Å². The predicted octanol–water partition coefficient (Wildman–Crippen LogP) is 3.89. The third kappa shape index (κ3) is 7.17. The summed E-state index contributed by atoms with van der Waals surface area (Å²) in [6.45, 7) is 7.78. The van der Waals surface area contributed by atoms with Crippen LogP contribution < -0.4 is 9.62 Å². The van der Waals surface area contributed by atoms with E-state index in [0.717, 1.165) is 10.6 Å². The Bertz CT molecular complexity index is 1170. The lowest BCUT2D eigenvalue weighted by Gasteiger charge is -2.33. The zero-order valence-electron chi connectivity index (χ0n) is 20.2. The molecule has 0 aliphatic rings. The standard InChI is InChI=1S/C24H31ClFN3O4S/c1-16-19(25)11-9-13-21(16)29(34(6,32)33)15-22(30)28(14-18-10-7-8-12-20(18)26)17(2)23(31)27-24(3,4)5/h7-13,17H,14-15H2,1-6H3,(H,27,31)/t17-/m0/s1. The highest BCUT2D eigenvalue weighted by Crippen LogP contribution is 2.28. The SMILES string of the molecule is Cc1c(Cl)cccc1N(CC(=O)N(Cc1ccccc1F)[C@@H](C)C(=O)NC(C)(C)C)S(C)(=O)=O. The van der Waals surface area contributed by atoms with Gasteiger partial charge in [-0.2, -0.15) is 0 Å². The van der Waals surface area contributed by atoms with Gasteiger partial charge in [-0.25, -0.2) is 12.8 Å². The molecule has 2 amide bonds. The quantitative estimate of drug-likeness (QED) is 0.582. The van der Waals surface area contributed by atoms with Crippen LogP contribution in [0.3, 0.4) is 0 Å². The molecule has 0 saturated heterocycles. The van der Waals surface area contributed by atoms with Gasteiger partial charge in [-0.1, -0.05) is 35.9 Å². The molecule has 0 spiro atoms. The molecule has 34 heavy (non-hydrogen) atoms. The summed E-state index contributed by atoms with van der Waals surface area (Å²) >= 11 is 6.17. The molecule has 1 N–H and O–H groups in total. The lowest BCUT2D eigenvalue weighted by molar-refractivity contribution is -0.140. The van der Waals surface area contributed by atoms with Crippen molar-refractivity contribution in [3.05, 3.63) is 64.4 Å². The average molecular weight is 512 g/mol. The number of nitrogens with zero attached hydrogens (tertiary/aromatic N) is 2. The maximum absolute atomic E-state index is 14.4. The minimum absolute atomic E-state index is 0.205. The first-order valence-corrected chi connectivity index (χ1v) is 12.9. The normalized spacial score (nSPS) is 12.7. The van der Waals surface area contributed by atoms with Crippen molar-refractivity contribution in [1.82, 2.24) is 10.2 Å². The van der Waals surface area contributed by atoms with Gasteiger partial charge in [0.05, 0.1) is 11.9 Å². The summed E-state index contributed by atoms with van der Waals surface area (Å²) in [6, 6.07) is 9.68. The van der Waals surface area contributed by atoms with Crippen LogP contribution in [0.15, 0.2) is 42.5 Å². The highest BCUT2D eigenvalue weighted by atomic mass is 35.5. The van der Waals surface area contributed by atoms with E-state index >= 15 is 0 Å². The second kappa shape index (κ2) is 10.7. The number of amides is 2. The number of hydrogen-bond acceptors (Lipinski definition) is 4. The number of benzene rings is 2. The van der Waals surface area contributed by atoms with Gasteiger partial charge in [0.1, 0.15) is 18.4 Å². The first kappa shape index (κ1) is 27.6. The fraction of sp³-hybridized carbons (Fsp3) is 0.417. The smallest absolute Gasteiger partial charge is 0.244 e. The Hall–Kier alpha value is -2.65. The summed E-state index contributed by atoms with van der Waals surface area (Å²) < 4.78 is 40.6. The zero-order chi connectivity index (χ0) is 25.8. The van der Waals surface area contributed by atoms with Crippen LogP contribution in [-0.2, 0) is 26.2 Å². The molecule has 0 saturated carbocycles. The fourth-order valence-corrected chi connectivity index (χ4v) is 4.40. The summed E-state index contributed by atoms with van der Waals surface area (Å²) in [5.41, 5.74) is 0.382. The summed E-state index contributed by atoms with van der Waals surface area (Å²) in [6.07, 6.45) is 0.984. The van der Waals surface area contributed by atoms with Crippen molar-refractivity contribution >= 4 is 39.1 Å². The lowest BCUT2D eigenvalue weighted by atomic mass is 10.1. The highest BCUT2D eigenvalue weighted by Gasteiger charge is 2.32. The van der Waals surface area contributed by atoms with E-state index in [2.05, 4.69) is 5.32 Å². The van der Waals surface area contributed by atoms with Crippen LogP contribution in [0.4, 0.5) is 10.1 Å². The fourth-order valence-electron chi connectivity index (χ4n) is 3.33. The predicted molar refractivity (Wildman–Crippen MR) is 133 cm³/mol. The molecule has 2 aromatic carbocycles. The number of sulfonamides is 1. The van der Waals surface area contributed by atoms with Crippen LogP contribution in [-0.4, -0.2) is 49.5 Å². The van der Waals surface area contributed by atoms with Crippen molar-refractivity contribution in [3.63, 3.8) is 0 Å². The van der Waals surface area contributed by atoms with Gasteiger partial charge >= 0.3 is 0 Å². The monoisotopic (exact) mass is 511 g/mol. The number of nitrogens with one attached hydrogen (secondary N) is 1. The van der Waals surface area contributed by atoms with Crippen molar-refractivity contribution in [1.29, 1.82) is 0 Å². The average Bonchev–Trinajstić information content (AvgIpc) is 2.71. The van der Waals surface area contributed by atoms with Crippen LogP contribution >= 0.6 is 11.6 Å². The van der Waals surface area contributed by atoms with Gasteiger partial charge < -0.3 is 10.2 Å². The maximum Gasteiger partial charge on any atom is 0.244 e. The summed E-state index contributed by atoms with van der Waals surface area (Å²) in [5, 5.41) is 3.16. The zero-order valence-corrected chi connectivity index (χ0v) is 21.8.